The van der Waals surface area contributed by atoms with E-state index in [-0.39, 0.29) is 23.4 Å². The van der Waals surface area contributed by atoms with Crippen molar-refractivity contribution in [2.75, 3.05) is 10.6 Å². The Hall–Kier alpha value is -3.48. The lowest BCUT2D eigenvalue weighted by molar-refractivity contribution is -0.118. The average Bonchev–Trinajstić information content (AvgIpc) is 3.15. The van der Waals surface area contributed by atoms with E-state index in [0.29, 0.717) is 11.4 Å². The second-order valence-corrected chi connectivity index (χ2v) is 7.01. The lowest BCUT2D eigenvalue weighted by Gasteiger charge is -2.12. The first-order valence-electron chi connectivity index (χ1n) is 9.06. The molecule has 2 amide bonds. The van der Waals surface area contributed by atoms with Crippen molar-refractivity contribution in [2.45, 2.75) is 27.7 Å². The van der Waals surface area contributed by atoms with E-state index in [1.54, 1.807) is 23.0 Å². The molecule has 0 aliphatic carbocycles. The number of benzene rings is 2. The van der Waals surface area contributed by atoms with Crippen molar-refractivity contribution < 1.29 is 9.59 Å². The minimum atomic E-state index is -0.367. The number of carbonyl (C=O) groups excluding carboxylic acids is 2. The van der Waals surface area contributed by atoms with Gasteiger partial charge in [0.15, 0.2) is 5.69 Å². The van der Waals surface area contributed by atoms with E-state index in [9.17, 15) is 9.59 Å². The fourth-order valence-electron chi connectivity index (χ4n) is 2.50. The molecule has 0 radical (unpaired) electrons. The van der Waals surface area contributed by atoms with E-state index in [1.165, 1.54) is 0 Å². The number of aryl methyl sites for hydroxylation is 2. The highest BCUT2D eigenvalue weighted by Gasteiger charge is 2.14. The van der Waals surface area contributed by atoms with E-state index in [1.807, 2.05) is 58.0 Å². The predicted octanol–water partition coefficient (Wildman–Crippen LogP) is 3.73. The fraction of sp³-hybridized carbons (Fsp3) is 0.238. The van der Waals surface area contributed by atoms with E-state index in [0.717, 1.165) is 16.8 Å². The largest absolute Gasteiger partial charge is 0.326 e. The first-order chi connectivity index (χ1) is 13.3. The molecule has 0 bridgehead atoms. The standard InChI is InChI=1S/C21H23N5O2/c1-13(2)20(27)22-16-8-7-15(4)18(11-16)23-21(28)19-12-26(25-24-19)17-9-5-14(3)6-10-17/h5-13H,1-4H3,(H,22,27)(H,23,28). The quantitative estimate of drug-likeness (QED) is 0.709. The maximum atomic E-state index is 12.6. The molecule has 28 heavy (non-hydrogen) atoms. The van der Waals surface area contributed by atoms with Crippen molar-refractivity contribution in [1.82, 2.24) is 15.0 Å². The van der Waals surface area contributed by atoms with Crippen LogP contribution in [0.2, 0.25) is 0 Å². The van der Waals surface area contributed by atoms with Crippen molar-refractivity contribution in [1.29, 1.82) is 0 Å². The minimum Gasteiger partial charge on any atom is -0.326 e. The lowest BCUT2D eigenvalue weighted by Crippen LogP contribution is -2.18. The third-order valence-electron chi connectivity index (χ3n) is 4.30. The fourth-order valence-corrected chi connectivity index (χ4v) is 2.50. The summed E-state index contributed by atoms with van der Waals surface area (Å²) in [4.78, 5) is 24.5. The Bertz CT molecular complexity index is 1010. The normalized spacial score (nSPS) is 10.8. The molecule has 2 aromatic carbocycles. The first-order valence-corrected chi connectivity index (χ1v) is 9.06. The van der Waals surface area contributed by atoms with Crippen LogP contribution in [0.5, 0.6) is 0 Å². The summed E-state index contributed by atoms with van der Waals surface area (Å²) in [5.41, 5.74) is 4.28. The van der Waals surface area contributed by atoms with E-state index >= 15 is 0 Å². The molecular weight excluding hydrogens is 354 g/mol. The highest BCUT2D eigenvalue weighted by atomic mass is 16.2. The number of carbonyl (C=O) groups is 2. The van der Waals surface area contributed by atoms with Crippen molar-refractivity contribution in [3.05, 3.63) is 65.5 Å². The van der Waals surface area contributed by atoms with Crippen LogP contribution in [0, 0.1) is 19.8 Å². The summed E-state index contributed by atoms with van der Waals surface area (Å²) in [5, 5.41) is 13.7. The zero-order chi connectivity index (χ0) is 20.3. The van der Waals surface area contributed by atoms with Crippen LogP contribution in [0.4, 0.5) is 11.4 Å². The molecule has 0 atom stereocenters. The maximum absolute atomic E-state index is 12.6. The molecule has 0 saturated heterocycles. The molecule has 0 spiro atoms. The van der Waals surface area contributed by atoms with Crippen LogP contribution in [-0.4, -0.2) is 26.8 Å². The molecule has 1 aromatic heterocycles. The van der Waals surface area contributed by atoms with Crippen LogP contribution in [0.15, 0.2) is 48.7 Å². The van der Waals surface area contributed by atoms with Crippen LogP contribution in [0.3, 0.4) is 0 Å². The Morgan fingerprint density at radius 3 is 2.39 bits per heavy atom. The minimum absolute atomic E-state index is 0.0813. The van der Waals surface area contributed by atoms with Gasteiger partial charge in [-0.3, -0.25) is 9.59 Å². The zero-order valence-corrected chi connectivity index (χ0v) is 16.4. The summed E-state index contributed by atoms with van der Waals surface area (Å²) in [6.45, 7) is 7.53. The first kappa shape index (κ1) is 19.3. The molecule has 144 valence electrons. The van der Waals surface area contributed by atoms with Crippen molar-refractivity contribution in [3.63, 3.8) is 0 Å². The molecular formula is C21H23N5O2. The smallest absolute Gasteiger partial charge is 0.277 e. The van der Waals surface area contributed by atoms with Gasteiger partial charge in [0.25, 0.3) is 5.91 Å². The van der Waals surface area contributed by atoms with E-state index in [2.05, 4.69) is 20.9 Å². The molecule has 0 unspecified atom stereocenters. The van der Waals surface area contributed by atoms with Gasteiger partial charge in [-0.25, -0.2) is 4.68 Å². The molecule has 0 fully saturated rings. The topological polar surface area (TPSA) is 88.9 Å². The van der Waals surface area contributed by atoms with Crippen molar-refractivity contribution >= 4 is 23.2 Å². The van der Waals surface area contributed by atoms with Gasteiger partial charge in [0.1, 0.15) is 0 Å². The van der Waals surface area contributed by atoms with Gasteiger partial charge in [-0.15, -0.1) is 5.10 Å². The molecule has 0 aliphatic rings. The third-order valence-corrected chi connectivity index (χ3v) is 4.30. The summed E-state index contributed by atoms with van der Waals surface area (Å²) in [7, 11) is 0. The Balaban J connectivity index is 1.76. The lowest BCUT2D eigenvalue weighted by atomic mass is 10.1. The molecule has 0 aliphatic heterocycles. The Kier molecular flexibility index (Phi) is 5.54. The van der Waals surface area contributed by atoms with Gasteiger partial charge in [-0.2, -0.15) is 0 Å². The van der Waals surface area contributed by atoms with Gasteiger partial charge in [-0.05, 0) is 43.7 Å². The summed E-state index contributed by atoms with van der Waals surface area (Å²) >= 11 is 0. The van der Waals surface area contributed by atoms with Gasteiger partial charge in [0.2, 0.25) is 5.91 Å². The molecule has 7 heteroatoms. The second kappa shape index (κ2) is 8.04. The summed E-state index contributed by atoms with van der Waals surface area (Å²) < 4.78 is 1.56. The number of aromatic nitrogens is 3. The number of amides is 2. The van der Waals surface area contributed by atoms with Gasteiger partial charge in [0, 0.05) is 17.3 Å². The molecule has 3 aromatic rings. The van der Waals surface area contributed by atoms with Gasteiger partial charge < -0.3 is 10.6 Å². The third kappa shape index (κ3) is 4.43. The number of anilines is 2. The molecule has 3 rings (SSSR count). The predicted molar refractivity (Wildman–Crippen MR) is 109 cm³/mol. The molecule has 1 heterocycles. The summed E-state index contributed by atoms with van der Waals surface area (Å²) in [6, 6.07) is 13.1. The number of rotatable bonds is 5. The number of hydrogen-bond donors (Lipinski definition) is 2. The molecule has 7 nitrogen and oxygen atoms in total. The maximum Gasteiger partial charge on any atom is 0.277 e. The number of hydrogen-bond acceptors (Lipinski definition) is 4. The monoisotopic (exact) mass is 377 g/mol. The highest BCUT2D eigenvalue weighted by Crippen LogP contribution is 2.21. The van der Waals surface area contributed by atoms with Crippen LogP contribution in [-0.2, 0) is 4.79 Å². The number of nitrogens with zero attached hydrogens (tertiary/aromatic N) is 3. The van der Waals surface area contributed by atoms with Gasteiger partial charge in [0.05, 0.1) is 11.9 Å². The summed E-state index contributed by atoms with van der Waals surface area (Å²) in [5.74, 6) is -0.577. The summed E-state index contributed by atoms with van der Waals surface area (Å²) in [6.07, 6.45) is 1.58. The number of nitrogens with one attached hydrogen (secondary N) is 2. The zero-order valence-electron chi connectivity index (χ0n) is 16.4. The Morgan fingerprint density at radius 2 is 1.71 bits per heavy atom. The van der Waals surface area contributed by atoms with Crippen molar-refractivity contribution in [3.8, 4) is 5.69 Å². The Labute approximate surface area is 163 Å². The van der Waals surface area contributed by atoms with E-state index in [4.69, 9.17) is 0 Å². The van der Waals surface area contributed by atoms with Crippen LogP contribution in [0.1, 0.15) is 35.5 Å². The molecule has 0 saturated carbocycles. The van der Waals surface area contributed by atoms with Gasteiger partial charge in [-0.1, -0.05) is 42.8 Å². The average molecular weight is 377 g/mol. The molecule has 2 N–H and O–H groups in total. The SMILES string of the molecule is Cc1ccc(-n2cc(C(=O)Nc3cc(NC(=O)C(C)C)ccc3C)nn2)cc1. The van der Waals surface area contributed by atoms with E-state index < -0.39 is 0 Å². The van der Waals surface area contributed by atoms with Gasteiger partial charge >= 0.3 is 0 Å². The highest BCUT2D eigenvalue weighted by molar-refractivity contribution is 6.03. The van der Waals surface area contributed by atoms with Crippen LogP contribution >= 0.6 is 0 Å². The Morgan fingerprint density at radius 1 is 1.00 bits per heavy atom. The van der Waals surface area contributed by atoms with Crippen LogP contribution < -0.4 is 10.6 Å². The second-order valence-electron chi connectivity index (χ2n) is 7.01. The van der Waals surface area contributed by atoms with Crippen molar-refractivity contribution in [2.24, 2.45) is 5.92 Å². The van der Waals surface area contributed by atoms with Crippen LogP contribution in [0.25, 0.3) is 5.69 Å².